The first-order valence-electron chi connectivity index (χ1n) is 13.4. The highest BCUT2D eigenvalue weighted by Crippen LogP contribution is 2.52. The molecule has 0 saturated heterocycles. The van der Waals surface area contributed by atoms with E-state index in [1.807, 2.05) is 20.8 Å². The van der Waals surface area contributed by atoms with Gasteiger partial charge in [-0.3, -0.25) is 9.59 Å². The fourth-order valence-corrected chi connectivity index (χ4v) is 4.68. The highest BCUT2D eigenvalue weighted by molar-refractivity contribution is 6.07. The first-order chi connectivity index (χ1) is 19.0. The molecule has 2 amide bonds. The maximum absolute atomic E-state index is 13.7. The van der Waals surface area contributed by atoms with Crippen LogP contribution in [-0.2, 0) is 14.9 Å². The van der Waals surface area contributed by atoms with Crippen molar-refractivity contribution in [3.63, 3.8) is 0 Å². The molecular weight excluding hydrogens is 522 g/mol. The number of nitrogens with one attached hydrogen (secondary N) is 3. The molecule has 0 bridgehead atoms. The van der Waals surface area contributed by atoms with Crippen LogP contribution in [0.25, 0.3) is 0 Å². The van der Waals surface area contributed by atoms with Crippen molar-refractivity contribution in [3.8, 4) is 11.5 Å². The Morgan fingerprint density at radius 3 is 2.42 bits per heavy atom. The standard InChI is InChI=1S/C29H36F2N4O5/c1-17(2)18(3)25(24(33)19-5-4-6-20(15-19)26(36)34-12-14-38-13-11-32)35-27(37)28(9-10-28)21-7-8-22-23(16-21)40-29(30,31)39-22/h4-8,15-18,25,33H,9-14,32H2,1-3H3,(H,34,36)(H,35,37)/t18-,25?/m0/s1. The van der Waals surface area contributed by atoms with Crippen molar-refractivity contribution in [1.29, 1.82) is 5.41 Å². The van der Waals surface area contributed by atoms with Crippen LogP contribution < -0.4 is 25.8 Å². The molecule has 1 saturated carbocycles. The number of benzene rings is 2. The van der Waals surface area contributed by atoms with Gasteiger partial charge in [0.1, 0.15) is 0 Å². The zero-order valence-electron chi connectivity index (χ0n) is 22.9. The van der Waals surface area contributed by atoms with E-state index < -0.39 is 17.8 Å². The van der Waals surface area contributed by atoms with Gasteiger partial charge in [-0.2, -0.15) is 0 Å². The molecule has 40 heavy (non-hydrogen) atoms. The zero-order chi connectivity index (χ0) is 29.1. The second-order valence-corrected chi connectivity index (χ2v) is 10.6. The molecule has 11 heteroatoms. The molecule has 1 aliphatic heterocycles. The summed E-state index contributed by atoms with van der Waals surface area (Å²) in [6.07, 6.45) is -2.66. The topological polar surface area (TPSA) is 136 Å². The number of ether oxygens (including phenoxy) is 3. The number of halogens is 2. The smallest absolute Gasteiger partial charge is 0.395 e. The monoisotopic (exact) mass is 558 g/mol. The molecule has 1 fully saturated rings. The van der Waals surface area contributed by atoms with Crippen LogP contribution in [0.1, 0.15) is 55.1 Å². The Kier molecular flexibility index (Phi) is 8.74. The third-order valence-electron chi connectivity index (χ3n) is 7.54. The lowest BCUT2D eigenvalue weighted by molar-refractivity contribution is -0.286. The zero-order valence-corrected chi connectivity index (χ0v) is 22.9. The van der Waals surface area contributed by atoms with Gasteiger partial charge in [0.25, 0.3) is 5.91 Å². The van der Waals surface area contributed by atoms with Gasteiger partial charge in [-0.15, -0.1) is 8.78 Å². The van der Waals surface area contributed by atoms with E-state index in [2.05, 4.69) is 20.1 Å². The average Bonchev–Trinajstić information content (AvgIpc) is 3.67. The molecular formula is C29H36F2N4O5. The van der Waals surface area contributed by atoms with E-state index in [1.54, 1.807) is 30.3 Å². The van der Waals surface area contributed by atoms with Crippen LogP contribution in [0.5, 0.6) is 11.5 Å². The fourth-order valence-electron chi connectivity index (χ4n) is 4.68. The first kappa shape index (κ1) is 29.4. The number of hydrogen-bond donors (Lipinski definition) is 4. The van der Waals surface area contributed by atoms with E-state index in [0.717, 1.165) is 0 Å². The summed E-state index contributed by atoms with van der Waals surface area (Å²) >= 11 is 0. The van der Waals surface area contributed by atoms with Crippen LogP contribution in [-0.4, -0.2) is 56.2 Å². The van der Waals surface area contributed by atoms with Crippen molar-refractivity contribution in [2.75, 3.05) is 26.3 Å². The maximum atomic E-state index is 13.7. The van der Waals surface area contributed by atoms with Crippen molar-refractivity contribution >= 4 is 17.5 Å². The van der Waals surface area contributed by atoms with Crippen molar-refractivity contribution in [2.24, 2.45) is 17.6 Å². The second kappa shape index (κ2) is 11.9. The minimum absolute atomic E-state index is 0.0787. The van der Waals surface area contributed by atoms with Gasteiger partial charge in [0, 0.05) is 18.7 Å². The second-order valence-electron chi connectivity index (χ2n) is 10.6. The van der Waals surface area contributed by atoms with Crippen LogP contribution in [0, 0.1) is 17.2 Å². The van der Waals surface area contributed by atoms with E-state index in [-0.39, 0.29) is 40.9 Å². The molecule has 0 spiro atoms. The molecule has 1 aliphatic carbocycles. The molecule has 2 aromatic rings. The fraction of sp³-hybridized carbons (Fsp3) is 0.483. The maximum Gasteiger partial charge on any atom is 0.586 e. The summed E-state index contributed by atoms with van der Waals surface area (Å²) in [4.78, 5) is 26.3. The predicted molar refractivity (Wildman–Crippen MR) is 145 cm³/mol. The van der Waals surface area contributed by atoms with Crippen LogP contribution in [0.3, 0.4) is 0 Å². The minimum atomic E-state index is -3.74. The van der Waals surface area contributed by atoms with Crippen molar-refractivity contribution in [1.82, 2.24) is 10.6 Å². The Balaban J connectivity index is 1.50. The number of fused-ring (bicyclic) bond motifs is 1. The highest BCUT2D eigenvalue weighted by Gasteiger charge is 2.53. The van der Waals surface area contributed by atoms with Crippen molar-refractivity contribution in [2.45, 2.75) is 51.4 Å². The number of nitrogens with two attached hydrogens (primary N) is 1. The number of rotatable bonds is 13. The summed E-state index contributed by atoms with van der Waals surface area (Å²) in [5.41, 5.74) is 6.13. The van der Waals surface area contributed by atoms with E-state index in [1.165, 1.54) is 12.1 Å². The van der Waals surface area contributed by atoms with Gasteiger partial charge in [0.2, 0.25) is 5.91 Å². The quantitative estimate of drug-likeness (QED) is 0.219. The molecule has 0 radical (unpaired) electrons. The predicted octanol–water partition coefficient (Wildman–Crippen LogP) is 3.59. The Labute approximate surface area is 232 Å². The normalized spacial score (nSPS) is 17.7. The molecule has 9 nitrogen and oxygen atoms in total. The Morgan fingerprint density at radius 2 is 1.75 bits per heavy atom. The molecule has 1 heterocycles. The highest BCUT2D eigenvalue weighted by atomic mass is 19.3. The number of carbonyl (C=O) groups excluding carboxylic acids is 2. The van der Waals surface area contributed by atoms with Gasteiger partial charge in [-0.1, -0.05) is 39.0 Å². The molecule has 1 unspecified atom stereocenters. The van der Waals surface area contributed by atoms with Crippen LogP contribution in [0.2, 0.25) is 0 Å². The Hall–Kier alpha value is -3.57. The third kappa shape index (κ3) is 6.42. The van der Waals surface area contributed by atoms with Crippen LogP contribution in [0.4, 0.5) is 8.78 Å². The van der Waals surface area contributed by atoms with Crippen molar-refractivity contribution < 1.29 is 32.6 Å². The number of amides is 2. The van der Waals surface area contributed by atoms with Gasteiger partial charge in [-0.05, 0) is 60.1 Å². The Bertz CT molecular complexity index is 1260. The van der Waals surface area contributed by atoms with Crippen LogP contribution >= 0.6 is 0 Å². The Morgan fingerprint density at radius 1 is 1.05 bits per heavy atom. The lowest BCUT2D eigenvalue weighted by Crippen LogP contribution is -2.50. The lowest BCUT2D eigenvalue weighted by Gasteiger charge is -2.30. The van der Waals surface area contributed by atoms with Gasteiger partial charge < -0.3 is 36.0 Å². The molecule has 216 valence electrons. The minimum Gasteiger partial charge on any atom is -0.395 e. The van der Waals surface area contributed by atoms with E-state index in [0.29, 0.717) is 55.8 Å². The number of hydrogen-bond acceptors (Lipinski definition) is 7. The van der Waals surface area contributed by atoms with Crippen LogP contribution in [0.15, 0.2) is 42.5 Å². The summed E-state index contributed by atoms with van der Waals surface area (Å²) in [7, 11) is 0. The van der Waals surface area contributed by atoms with Gasteiger partial charge in [0.05, 0.1) is 30.4 Å². The van der Waals surface area contributed by atoms with Gasteiger partial charge in [0.15, 0.2) is 11.5 Å². The molecule has 2 atom stereocenters. The van der Waals surface area contributed by atoms with E-state index in [4.69, 9.17) is 15.9 Å². The molecule has 2 aromatic carbocycles. The average molecular weight is 559 g/mol. The molecule has 0 aromatic heterocycles. The van der Waals surface area contributed by atoms with Gasteiger partial charge in [-0.25, -0.2) is 0 Å². The summed E-state index contributed by atoms with van der Waals surface area (Å²) in [5.74, 6) is -0.749. The molecule has 5 N–H and O–H groups in total. The number of carbonyl (C=O) groups is 2. The number of alkyl halides is 2. The summed E-state index contributed by atoms with van der Waals surface area (Å²) in [6.45, 7) is 7.47. The largest absolute Gasteiger partial charge is 0.586 e. The van der Waals surface area contributed by atoms with E-state index >= 15 is 0 Å². The summed E-state index contributed by atoms with van der Waals surface area (Å²) in [6, 6.07) is 10.5. The van der Waals surface area contributed by atoms with Crippen molar-refractivity contribution in [3.05, 3.63) is 59.2 Å². The summed E-state index contributed by atoms with van der Waals surface area (Å²) < 4.78 is 41.4. The third-order valence-corrected chi connectivity index (χ3v) is 7.54. The molecule has 2 aliphatic rings. The van der Waals surface area contributed by atoms with Gasteiger partial charge >= 0.3 is 6.29 Å². The summed E-state index contributed by atoms with van der Waals surface area (Å²) in [5, 5.41) is 14.9. The lowest BCUT2D eigenvalue weighted by atomic mass is 9.84. The van der Waals surface area contributed by atoms with E-state index in [9.17, 15) is 18.4 Å². The first-order valence-corrected chi connectivity index (χ1v) is 13.4. The molecule has 4 rings (SSSR count). The SMILES string of the molecule is CC(C)[C@H](C)C(NC(=O)C1(c2ccc3c(c2)OC(F)(F)O3)CC1)C(=N)c1cccc(C(=O)NCCOCCN)c1.